The van der Waals surface area contributed by atoms with Gasteiger partial charge in [-0.2, -0.15) is 0 Å². The molecule has 0 amide bonds. The molecule has 0 bridgehead atoms. The van der Waals surface area contributed by atoms with Gasteiger partial charge in [0.2, 0.25) is 0 Å². The van der Waals surface area contributed by atoms with E-state index in [0.29, 0.717) is 24.4 Å². The Morgan fingerprint density at radius 2 is 2.00 bits per heavy atom. The van der Waals surface area contributed by atoms with Gasteiger partial charge in [0.1, 0.15) is 0 Å². The Labute approximate surface area is 183 Å². The van der Waals surface area contributed by atoms with Gasteiger partial charge in [0.15, 0.2) is 15.8 Å². The van der Waals surface area contributed by atoms with Crippen molar-refractivity contribution in [3.05, 3.63) is 46.4 Å². The topological polar surface area (TPSA) is 74.7 Å². The molecule has 0 aliphatic carbocycles. The third kappa shape index (κ3) is 7.74. The van der Waals surface area contributed by atoms with Crippen LogP contribution < -0.4 is 5.32 Å². The van der Waals surface area contributed by atoms with Crippen molar-refractivity contribution < 1.29 is 8.42 Å². The molecule has 0 unspecified atom stereocenters. The molecule has 0 aliphatic heterocycles. The second kappa shape index (κ2) is 11.6. The average molecular weight is 522 g/mol. The normalized spacial score (nSPS) is 11.7. The van der Waals surface area contributed by atoms with E-state index in [9.17, 15) is 8.42 Å². The van der Waals surface area contributed by atoms with E-state index in [1.54, 1.807) is 35.6 Å². The van der Waals surface area contributed by atoms with E-state index < -0.39 is 9.84 Å². The molecule has 0 spiro atoms. The van der Waals surface area contributed by atoms with E-state index in [0.717, 1.165) is 23.2 Å². The molecule has 1 aromatic carbocycles. The van der Waals surface area contributed by atoms with Gasteiger partial charge in [0, 0.05) is 25.5 Å². The monoisotopic (exact) mass is 522 g/mol. The van der Waals surface area contributed by atoms with E-state index in [1.165, 1.54) is 0 Å². The van der Waals surface area contributed by atoms with Crippen LogP contribution in [0.1, 0.15) is 24.0 Å². The zero-order chi connectivity index (χ0) is 19.0. The molecule has 0 radical (unpaired) electrons. The lowest BCUT2D eigenvalue weighted by Gasteiger charge is -2.21. The first-order valence-electron chi connectivity index (χ1n) is 8.60. The summed E-state index contributed by atoms with van der Waals surface area (Å²) in [6.45, 7) is 5.87. The van der Waals surface area contributed by atoms with Crippen molar-refractivity contribution >= 4 is 51.1 Å². The van der Waals surface area contributed by atoms with Crippen LogP contribution in [0.25, 0.3) is 0 Å². The van der Waals surface area contributed by atoms with Gasteiger partial charge in [0.25, 0.3) is 0 Å². The zero-order valence-corrected chi connectivity index (χ0v) is 19.8. The van der Waals surface area contributed by atoms with E-state index in [4.69, 9.17) is 0 Å². The summed E-state index contributed by atoms with van der Waals surface area (Å²) >= 11 is 1.63. The molecule has 1 N–H and O–H groups in total. The molecule has 2 aromatic rings. The van der Waals surface area contributed by atoms with E-state index >= 15 is 0 Å². The Kier molecular flexibility index (Phi) is 10.2. The van der Waals surface area contributed by atoms with E-state index in [1.807, 2.05) is 37.2 Å². The number of thiazole rings is 1. The first kappa shape index (κ1) is 23.8. The smallest absolute Gasteiger partial charge is 0.194 e. The minimum atomic E-state index is -3.25. The van der Waals surface area contributed by atoms with Gasteiger partial charge in [-0.25, -0.2) is 13.4 Å². The summed E-state index contributed by atoms with van der Waals surface area (Å²) in [5.41, 5.74) is 1.01. The molecule has 2 rings (SSSR count). The van der Waals surface area contributed by atoms with Crippen molar-refractivity contribution in [2.75, 3.05) is 25.9 Å². The van der Waals surface area contributed by atoms with Crippen LogP contribution in [-0.2, 0) is 16.4 Å². The first-order chi connectivity index (χ1) is 12.4. The lowest BCUT2D eigenvalue weighted by molar-refractivity contribution is 0.471. The number of halogens is 1. The van der Waals surface area contributed by atoms with Crippen LogP contribution in [0.3, 0.4) is 0 Å². The summed E-state index contributed by atoms with van der Waals surface area (Å²) in [7, 11) is -1.29. The van der Waals surface area contributed by atoms with Crippen LogP contribution in [0.4, 0.5) is 0 Å². The highest BCUT2D eigenvalue weighted by Crippen LogP contribution is 2.12. The third-order valence-electron chi connectivity index (χ3n) is 3.70. The predicted octanol–water partition coefficient (Wildman–Crippen LogP) is 3.33. The minimum absolute atomic E-state index is 0. The molecule has 0 saturated carbocycles. The zero-order valence-electron chi connectivity index (χ0n) is 15.9. The number of rotatable bonds is 8. The number of guanidine groups is 1. The fourth-order valence-corrected chi connectivity index (χ4v) is 4.37. The second-order valence-electron chi connectivity index (χ2n) is 5.94. The van der Waals surface area contributed by atoms with Crippen molar-refractivity contribution in [2.24, 2.45) is 4.99 Å². The van der Waals surface area contributed by atoms with Crippen LogP contribution in [-0.4, -0.2) is 50.2 Å². The Balaban J connectivity index is 0.00000364. The standard InChI is InChI=1S/C18H26N4O2S2.HI/c1-4-19-18(22(3)13-16-14-25-15(2)21-16)20-11-8-12-26(23,24)17-9-6-5-7-10-17;/h5-7,9-10,14H,4,8,11-13H2,1-3H3,(H,19,20);1H. The van der Waals surface area contributed by atoms with Crippen molar-refractivity contribution in [3.8, 4) is 0 Å². The molecule has 9 heteroatoms. The molecule has 27 heavy (non-hydrogen) atoms. The molecule has 6 nitrogen and oxygen atoms in total. The Hall–Kier alpha value is -1.20. The minimum Gasteiger partial charge on any atom is -0.357 e. The van der Waals surface area contributed by atoms with Gasteiger partial charge in [-0.3, -0.25) is 4.99 Å². The van der Waals surface area contributed by atoms with E-state index in [-0.39, 0.29) is 29.7 Å². The van der Waals surface area contributed by atoms with Crippen molar-refractivity contribution in [2.45, 2.75) is 31.7 Å². The molecule has 1 heterocycles. The van der Waals surface area contributed by atoms with Gasteiger partial charge < -0.3 is 10.2 Å². The van der Waals surface area contributed by atoms with Crippen LogP contribution in [0.2, 0.25) is 0 Å². The summed E-state index contributed by atoms with van der Waals surface area (Å²) in [4.78, 5) is 11.4. The van der Waals surface area contributed by atoms with Crippen LogP contribution >= 0.6 is 35.3 Å². The number of aliphatic imine (C=N–C) groups is 1. The van der Waals surface area contributed by atoms with Crippen LogP contribution in [0.15, 0.2) is 45.6 Å². The molecule has 0 fully saturated rings. The summed E-state index contributed by atoms with van der Waals surface area (Å²) < 4.78 is 24.6. The average Bonchev–Trinajstić information content (AvgIpc) is 3.03. The highest BCUT2D eigenvalue weighted by Gasteiger charge is 2.13. The summed E-state index contributed by atoms with van der Waals surface area (Å²) in [5, 5.41) is 6.33. The quantitative estimate of drug-likeness (QED) is 0.249. The van der Waals surface area contributed by atoms with Gasteiger partial charge in [-0.05, 0) is 32.4 Å². The predicted molar refractivity (Wildman–Crippen MR) is 123 cm³/mol. The Morgan fingerprint density at radius 3 is 2.59 bits per heavy atom. The Bertz CT molecular complexity index is 823. The number of nitrogens with one attached hydrogen (secondary N) is 1. The number of aryl methyl sites for hydroxylation is 1. The number of hydrogen-bond acceptors (Lipinski definition) is 5. The van der Waals surface area contributed by atoms with Gasteiger partial charge >= 0.3 is 0 Å². The largest absolute Gasteiger partial charge is 0.357 e. The lowest BCUT2D eigenvalue weighted by Crippen LogP contribution is -2.38. The molecular weight excluding hydrogens is 495 g/mol. The number of benzene rings is 1. The first-order valence-corrected chi connectivity index (χ1v) is 11.1. The maximum absolute atomic E-state index is 12.3. The maximum Gasteiger partial charge on any atom is 0.194 e. The SMILES string of the molecule is CCNC(=NCCCS(=O)(=O)c1ccccc1)N(C)Cc1csc(C)n1.I. The molecule has 0 saturated heterocycles. The summed E-state index contributed by atoms with van der Waals surface area (Å²) in [6.07, 6.45) is 0.482. The number of aromatic nitrogens is 1. The van der Waals surface area contributed by atoms with E-state index in [2.05, 4.69) is 15.3 Å². The van der Waals surface area contributed by atoms with Crippen LogP contribution in [0, 0.1) is 6.92 Å². The molecule has 0 aliphatic rings. The Morgan fingerprint density at radius 1 is 1.30 bits per heavy atom. The lowest BCUT2D eigenvalue weighted by atomic mass is 10.4. The summed E-state index contributed by atoms with van der Waals surface area (Å²) in [6, 6.07) is 8.55. The molecule has 150 valence electrons. The van der Waals surface area contributed by atoms with Crippen LogP contribution in [0.5, 0.6) is 0 Å². The number of hydrogen-bond donors (Lipinski definition) is 1. The van der Waals surface area contributed by atoms with Crippen molar-refractivity contribution in [1.82, 2.24) is 15.2 Å². The fourth-order valence-electron chi connectivity index (χ4n) is 2.45. The fraction of sp³-hybridized carbons (Fsp3) is 0.444. The third-order valence-corrected chi connectivity index (χ3v) is 6.34. The molecular formula is C18H27IN4O2S2. The number of nitrogens with zero attached hydrogens (tertiary/aromatic N) is 3. The van der Waals surface area contributed by atoms with Gasteiger partial charge in [-0.1, -0.05) is 18.2 Å². The molecule has 0 atom stereocenters. The van der Waals surface area contributed by atoms with Gasteiger partial charge in [-0.15, -0.1) is 35.3 Å². The molecule has 1 aromatic heterocycles. The highest BCUT2D eigenvalue weighted by atomic mass is 127. The maximum atomic E-state index is 12.3. The van der Waals surface area contributed by atoms with Crippen molar-refractivity contribution in [3.63, 3.8) is 0 Å². The van der Waals surface area contributed by atoms with Crippen molar-refractivity contribution in [1.29, 1.82) is 0 Å². The number of sulfone groups is 1. The second-order valence-corrected chi connectivity index (χ2v) is 9.11. The van der Waals surface area contributed by atoms with Gasteiger partial charge in [0.05, 0.1) is 27.9 Å². The summed E-state index contributed by atoms with van der Waals surface area (Å²) in [5.74, 6) is 0.852. The highest BCUT2D eigenvalue weighted by molar-refractivity contribution is 14.0.